The van der Waals surface area contributed by atoms with Gasteiger partial charge in [0, 0.05) is 13.1 Å². The third-order valence-corrected chi connectivity index (χ3v) is 5.13. The van der Waals surface area contributed by atoms with Gasteiger partial charge in [-0.2, -0.15) is 5.10 Å². The van der Waals surface area contributed by atoms with Gasteiger partial charge in [-0.05, 0) is 62.4 Å². The van der Waals surface area contributed by atoms with Gasteiger partial charge >= 0.3 is 0 Å². The molecular weight excluding hydrogens is 318 g/mol. The van der Waals surface area contributed by atoms with Gasteiger partial charge in [0.25, 0.3) is 5.56 Å². The van der Waals surface area contributed by atoms with Crippen molar-refractivity contribution in [3.63, 3.8) is 0 Å². The molecule has 0 N–H and O–H groups in total. The number of rotatable bonds is 3. The Morgan fingerprint density at radius 1 is 1.25 bits per heavy atom. The van der Waals surface area contributed by atoms with Crippen molar-refractivity contribution < 1.29 is 0 Å². The molecule has 24 heavy (non-hydrogen) atoms. The van der Waals surface area contributed by atoms with E-state index in [2.05, 4.69) is 35.4 Å². The van der Waals surface area contributed by atoms with Crippen LogP contribution in [0, 0.1) is 4.77 Å². The zero-order valence-corrected chi connectivity index (χ0v) is 15.2. The lowest BCUT2D eigenvalue weighted by molar-refractivity contribution is 0.473. The molecule has 1 aliphatic carbocycles. The van der Waals surface area contributed by atoms with Gasteiger partial charge < -0.3 is 0 Å². The predicted molar refractivity (Wildman–Crippen MR) is 99.7 cm³/mol. The Morgan fingerprint density at radius 3 is 2.54 bits per heavy atom. The number of hydrogen-bond acceptors (Lipinski definition) is 3. The Balaban J connectivity index is 1.95. The third-order valence-electron chi connectivity index (χ3n) is 4.67. The van der Waals surface area contributed by atoms with E-state index in [1.165, 1.54) is 10.1 Å². The third kappa shape index (κ3) is 3.13. The Hall–Kier alpha value is -2.01. The van der Waals surface area contributed by atoms with Crippen molar-refractivity contribution in [2.75, 3.05) is 0 Å². The minimum Gasteiger partial charge on any atom is -0.285 e. The quantitative estimate of drug-likeness (QED) is 0.784. The summed E-state index contributed by atoms with van der Waals surface area (Å²) in [5.41, 5.74) is 2.87. The number of nitrogens with zero attached hydrogens (tertiary/aromatic N) is 3. The molecule has 0 saturated carbocycles. The van der Waals surface area contributed by atoms with Crippen molar-refractivity contribution in [2.45, 2.75) is 45.1 Å². The maximum absolute atomic E-state index is 12.6. The first-order valence-electron chi connectivity index (χ1n) is 8.43. The Morgan fingerprint density at radius 2 is 1.96 bits per heavy atom. The minimum atomic E-state index is -0.0960. The summed E-state index contributed by atoms with van der Waals surface area (Å²) < 4.78 is 3.76. The highest BCUT2D eigenvalue weighted by Crippen LogP contribution is 2.34. The molecule has 5 heteroatoms. The van der Waals surface area contributed by atoms with E-state index in [0.717, 1.165) is 24.8 Å². The van der Waals surface area contributed by atoms with Crippen molar-refractivity contribution in [1.82, 2.24) is 14.3 Å². The monoisotopic (exact) mass is 341 g/mol. The van der Waals surface area contributed by atoms with Crippen LogP contribution in [0.5, 0.6) is 0 Å². The second-order valence-corrected chi connectivity index (χ2v) is 7.01. The highest BCUT2D eigenvalue weighted by atomic mass is 32.1. The first-order valence-corrected chi connectivity index (χ1v) is 8.84. The fraction of sp³-hybridized carbons (Fsp3) is 0.421. The van der Waals surface area contributed by atoms with E-state index in [1.807, 2.05) is 19.9 Å². The molecule has 1 atom stereocenters. The van der Waals surface area contributed by atoms with E-state index < -0.39 is 0 Å². The molecule has 1 aliphatic rings. The van der Waals surface area contributed by atoms with Crippen molar-refractivity contribution in [3.05, 3.63) is 62.8 Å². The highest BCUT2D eigenvalue weighted by Gasteiger charge is 2.21. The molecule has 0 aliphatic heterocycles. The van der Waals surface area contributed by atoms with Crippen molar-refractivity contribution in [2.24, 2.45) is 7.05 Å². The van der Waals surface area contributed by atoms with Gasteiger partial charge in [-0.3, -0.25) is 9.36 Å². The Bertz CT molecular complexity index is 878. The summed E-state index contributed by atoms with van der Waals surface area (Å²) in [4.78, 5) is 12.6. The van der Waals surface area contributed by atoms with Crippen LogP contribution in [0.25, 0.3) is 5.57 Å². The number of aromatic nitrogens is 3. The standard InChI is InChI=1S/C19H23N3OS/c1-13(2)22-19(24)21(3)18(23)17(20-22)16-11-9-15(10-12-16)14-7-5-4-6-8-14/h4-8,11,13,15H,9-10,12H2,1-3H3. The molecule has 0 spiro atoms. The molecule has 0 radical (unpaired) electrons. The van der Waals surface area contributed by atoms with Gasteiger partial charge in [-0.15, -0.1) is 0 Å². The Kier molecular flexibility index (Phi) is 4.81. The molecule has 1 aromatic carbocycles. The van der Waals surface area contributed by atoms with Crippen LogP contribution >= 0.6 is 12.2 Å². The van der Waals surface area contributed by atoms with E-state index in [4.69, 9.17) is 12.2 Å². The second kappa shape index (κ2) is 6.85. The molecule has 2 aromatic rings. The van der Waals surface area contributed by atoms with Crippen LogP contribution in [0.2, 0.25) is 0 Å². The van der Waals surface area contributed by atoms with E-state index in [0.29, 0.717) is 16.4 Å². The van der Waals surface area contributed by atoms with Gasteiger partial charge in [-0.1, -0.05) is 36.4 Å². The Labute approximate surface area is 147 Å². The number of benzene rings is 1. The maximum atomic E-state index is 12.6. The van der Waals surface area contributed by atoms with Crippen LogP contribution in [0.1, 0.15) is 56.3 Å². The van der Waals surface area contributed by atoms with Crippen LogP contribution in [0.3, 0.4) is 0 Å². The van der Waals surface area contributed by atoms with E-state index in [1.54, 1.807) is 11.7 Å². The molecule has 1 unspecified atom stereocenters. The van der Waals surface area contributed by atoms with Crippen LogP contribution in [-0.2, 0) is 7.05 Å². The summed E-state index contributed by atoms with van der Waals surface area (Å²) in [6.45, 7) is 4.05. The summed E-state index contributed by atoms with van der Waals surface area (Å²) in [5, 5.41) is 4.56. The van der Waals surface area contributed by atoms with Crippen LogP contribution in [0.15, 0.2) is 41.2 Å². The molecule has 1 aromatic heterocycles. The van der Waals surface area contributed by atoms with Gasteiger partial charge in [0.2, 0.25) is 0 Å². The van der Waals surface area contributed by atoms with E-state index >= 15 is 0 Å². The number of hydrogen-bond donors (Lipinski definition) is 0. The van der Waals surface area contributed by atoms with Gasteiger partial charge in [-0.25, -0.2) is 4.68 Å². The summed E-state index contributed by atoms with van der Waals surface area (Å²) in [7, 11) is 1.73. The van der Waals surface area contributed by atoms with Gasteiger partial charge in [0.05, 0.1) is 0 Å². The summed E-state index contributed by atoms with van der Waals surface area (Å²) in [6.07, 6.45) is 5.04. The average Bonchev–Trinajstić information content (AvgIpc) is 2.61. The van der Waals surface area contributed by atoms with Gasteiger partial charge in [0.1, 0.15) is 0 Å². The van der Waals surface area contributed by atoms with Crippen LogP contribution in [0.4, 0.5) is 0 Å². The molecular formula is C19H23N3OS. The lowest BCUT2D eigenvalue weighted by Gasteiger charge is -2.23. The molecule has 0 fully saturated rings. The van der Waals surface area contributed by atoms with Crippen molar-refractivity contribution in [1.29, 1.82) is 0 Å². The average molecular weight is 341 g/mol. The minimum absolute atomic E-state index is 0.0960. The van der Waals surface area contributed by atoms with Crippen molar-refractivity contribution >= 4 is 17.8 Å². The SMILES string of the molecule is CC(C)n1nc(C2=CCC(c3ccccc3)CC2)c(=O)n(C)c1=S. The van der Waals surface area contributed by atoms with E-state index in [-0.39, 0.29) is 11.6 Å². The molecule has 126 valence electrons. The second-order valence-electron chi connectivity index (χ2n) is 6.65. The van der Waals surface area contributed by atoms with Gasteiger partial charge in [0.15, 0.2) is 10.5 Å². The molecule has 1 heterocycles. The molecule has 4 nitrogen and oxygen atoms in total. The molecule has 0 bridgehead atoms. The fourth-order valence-electron chi connectivity index (χ4n) is 3.21. The summed E-state index contributed by atoms with van der Waals surface area (Å²) >= 11 is 5.34. The lowest BCUT2D eigenvalue weighted by Crippen LogP contribution is -2.29. The topological polar surface area (TPSA) is 39.8 Å². The molecule has 0 amide bonds. The van der Waals surface area contributed by atoms with E-state index in [9.17, 15) is 4.79 Å². The molecule has 3 rings (SSSR count). The zero-order valence-electron chi connectivity index (χ0n) is 14.4. The molecule has 0 saturated heterocycles. The largest absolute Gasteiger partial charge is 0.285 e. The summed E-state index contributed by atoms with van der Waals surface area (Å²) in [6, 6.07) is 10.7. The zero-order chi connectivity index (χ0) is 17.3. The highest BCUT2D eigenvalue weighted by molar-refractivity contribution is 7.71. The van der Waals surface area contributed by atoms with Crippen LogP contribution < -0.4 is 5.56 Å². The number of allylic oxidation sites excluding steroid dienone is 2. The first-order chi connectivity index (χ1) is 11.5. The lowest BCUT2D eigenvalue weighted by atomic mass is 9.84. The normalized spacial score (nSPS) is 17.8. The maximum Gasteiger partial charge on any atom is 0.280 e. The summed E-state index contributed by atoms with van der Waals surface area (Å²) in [5.74, 6) is 0.522. The predicted octanol–water partition coefficient (Wildman–Crippen LogP) is 4.24. The van der Waals surface area contributed by atoms with Crippen molar-refractivity contribution in [3.8, 4) is 0 Å². The fourth-order valence-corrected chi connectivity index (χ4v) is 3.54. The van der Waals surface area contributed by atoms with Crippen LogP contribution in [-0.4, -0.2) is 14.3 Å². The first kappa shape index (κ1) is 16.8. The smallest absolute Gasteiger partial charge is 0.280 e.